The summed E-state index contributed by atoms with van der Waals surface area (Å²) < 4.78 is 0. The molecule has 2 heterocycles. The Hall–Kier alpha value is -4.00. The number of nitrogens with zero attached hydrogens (tertiary/aromatic N) is 1. The van der Waals surface area contributed by atoms with Crippen LogP contribution in [0, 0.1) is 0 Å². The van der Waals surface area contributed by atoms with E-state index >= 15 is 0 Å². The highest BCUT2D eigenvalue weighted by molar-refractivity contribution is 6.35. The molecule has 0 bridgehead atoms. The summed E-state index contributed by atoms with van der Waals surface area (Å²) in [5, 5.41) is 1.47. The maximum Gasteiger partial charge on any atom is 0.314 e. The van der Waals surface area contributed by atoms with E-state index in [0.717, 1.165) is 10.3 Å². The van der Waals surface area contributed by atoms with Crippen LogP contribution in [0.2, 0.25) is 0 Å². The number of imide groups is 1. The molecule has 1 aromatic heterocycles. The lowest BCUT2D eigenvalue weighted by Gasteiger charge is -2.27. The Morgan fingerprint density at radius 2 is 1.26 bits per heavy atom. The van der Waals surface area contributed by atoms with Crippen LogP contribution in [-0.2, 0) is 0 Å². The van der Waals surface area contributed by atoms with Gasteiger partial charge in [0.15, 0.2) is 0 Å². The molecule has 4 aromatic rings. The fraction of sp³-hybridized carbons (Fsp3) is 0. The van der Waals surface area contributed by atoms with Gasteiger partial charge in [-0.25, -0.2) is 4.90 Å². The van der Waals surface area contributed by atoms with Gasteiger partial charge in [0.2, 0.25) is 0 Å². The Morgan fingerprint density at radius 1 is 0.667 bits per heavy atom. The monoisotopic (exact) mass is 357 g/mol. The molecule has 27 heavy (non-hydrogen) atoms. The minimum Gasteiger partial charge on any atom is -0.316 e. The minimum atomic E-state index is -0.800. The third kappa shape index (κ3) is 2.08. The van der Waals surface area contributed by atoms with Crippen molar-refractivity contribution in [3.05, 3.63) is 86.4 Å². The summed E-state index contributed by atoms with van der Waals surface area (Å²) in [5.74, 6) is -0.870. The Morgan fingerprint density at radius 3 is 1.89 bits per heavy atom. The van der Waals surface area contributed by atoms with E-state index in [0.29, 0.717) is 33.2 Å². The van der Waals surface area contributed by atoms with Crippen molar-refractivity contribution in [2.24, 2.45) is 0 Å². The summed E-state index contributed by atoms with van der Waals surface area (Å²) in [6, 6.07) is 15.2. The van der Waals surface area contributed by atoms with Crippen molar-refractivity contribution in [3.63, 3.8) is 0 Å². The molecule has 0 aliphatic carbocycles. The van der Waals surface area contributed by atoms with E-state index in [9.17, 15) is 19.2 Å². The summed E-state index contributed by atoms with van der Waals surface area (Å²) in [7, 11) is 0. The van der Waals surface area contributed by atoms with Gasteiger partial charge in [-0.15, -0.1) is 0 Å². The molecule has 0 saturated heterocycles. The van der Waals surface area contributed by atoms with Crippen LogP contribution in [0.5, 0.6) is 0 Å². The molecule has 0 fully saturated rings. The van der Waals surface area contributed by atoms with Gasteiger partial charge in [0.1, 0.15) is 0 Å². The minimum absolute atomic E-state index is 0.312. The van der Waals surface area contributed by atoms with Gasteiger partial charge in [0, 0.05) is 16.5 Å². The van der Waals surface area contributed by atoms with E-state index in [2.05, 4.69) is 9.97 Å². The molecule has 1 aliphatic rings. The van der Waals surface area contributed by atoms with Gasteiger partial charge in [-0.3, -0.25) is 19.2 Å². The molecule has 3 aromatic carbocycles. The predicted molar refractivity (Wildman–Crippen MR) is 100 cm³/mol. The number of carbonyl (C=O) groups is 2. The average molecular weight is 357 g/mol. The first-order chi connectivity index (χ1) is 13.0. The SMILES string of the molecule is O=C1c2cccc3cccc(c23)C(=O)N1c1ccc2[nH]c(=O)c(=O)[nH]c2c1. The van der Waals surface area contributed by atoms with Gasteiger partial charge in [0.05, 0.1) is 16.7 Å². The van der Waals surface area contributed by atoms with Gasteiger partial charge < -0.3 is 9.97 Å². The van der Waals surface area contributed by atoms with Crippen LogP contribution in [0.4, 0.5) is 5.69 Å². The van der Waals surface area contributed by atoms with Crippen LogP contribution < -0.4 is 16.0 Å². The van der Waals surface area contributed by atoms with E-state index < -0.39 is 22.9 Å². The quantitative estimate of drug-likeness (QED) is 0.402. The lowest BCUT2D eigenvalue weighted by atomic mass is 9.94. The number of hydrogen-bond acceptors (Lipinski definition) is 4. The standard InChI is InChI=1S/C20H11N3O4/c24-17-18(25)22-15-9-11(7-8-14(15)21-17)23-19(26)12-5-1-3-10-4-2-6-13(16(10)12)20(23)27/h1-9H,(H,21,24)(H,22,25). The first kappa shape index (κ1) is 15.3. The summed E-state index contributed by atoms with van der Waals surface area (Å²) in [6.45, 7) is 0. The summed E-state index contributed by atoms with van der Waals surface area (Å²) in [5.41, 5.74) is 0.367. The molecule has 2 N–H and O–H groups in total. The number of fused-ring (bicyclic) bond motifs is 1. The number of benzene rings is 3. The van der Waals surface area contributed by atoms with Gasteiger partial charge in [0.25, 0.3) is 11.8 Å². The molecule has 0 atom stereocenters. The highest BCUT2D eigenvalue weighted by atomic mass is 16.2. The number of rotatable bonds is 1. The summed E-state index contributed by atoms with van der Waals surface area (Å²) in [6.07, 6.45) is 0. The first-order valence-electron chi connectivity index (χ1n) is 8.21. The lowest BCUT2D eigenvalue weighted by molar-refractivity contribution is 0.0893. The number of aromatic nitrogens is 2. The van der Waals surface area contributed by atoms with Crippen molar-refractivity contribution >= 4 is 39.3 Å². The molecule has 5 rings (SSSR count). The Bertz CT molecular complexity index is 1360. The molecule has 0 radical (unpaired) electrons. The molecule has 2 amide bonds. The zero-order valence-corrected chi connectivity index (χ0v) is 13.8. The molecular formula is C20H11N3O4. The molecule has 0 spiro atoms. The van der Waals surface area contributed by atoms with Crippen molar-refractivity contribution in [3.8, 4) is 0 Å². The Balaban J connectivity index is 1.75. The predicted octanol–water partition coefficient (Wildman–Crippen LogP) is 2.17. The molecule has 130 valence electrons. The smallest absolute Gasteiger partial charge is 0.314 e. The van der Waals surface area contributed by atoms with Crippen molar-refractivity contribution in [1.29, 1.82) is 0 Å². The molecule has 0 saturated carbocycles. The molecule has 0 unspecified atom stereocenters. The van der Waals surface area contributed by atoms with Crippen LogP contribution >= 0.6 is 0 Å². The average Bonchev–Trinajstić information content (AvgIpc) is 2.67. The van der Waals surface area contributed by atoms with Crippen LogP contribution in [0.1, 0.15) is 20.7 Å². The van der Waals surface area contributed by atoms with E-state index in [1.807, 2.05) is 12.1 Å². The number of aromatic amines is 2. The first-order valence-corrected chi connectivity index (χ1v) is 8.21. The highest BCUT2D eigenvalue weighted by Gasteiger charge is 2.33. The van der Waals surface area contributed by atoms with Gasteiger partial charge in [-0.05, 0) is 35.7 Å². The Labute approximate surface area is 150 Å². The van der Waals surface area contributed by atoms with E-state index in [-0.39, 0.29) is 0 Å². The number of nitrogens with one attached hydrogen (secondary N) is 2. The van der Waals surface area contributed by atoms with Crippen LogP contribution in [0.15, 0.2) is 64.2 Å². The van der Waals surface area contributed by atoms with E-state index in [1.54, 1.807) is 36.4 Å². The third-order valence-corrected chi connectivity index (χ3v) is 4.74. The normalized spacial score (nSPS) is 13.6. The van der Waals surface area contributed by atoms with E-state index in [1.165, 1.54) is 6.07 Å². The van der Waals surface area contributed by atoms with Gasteiger partial charge in [-0.1, -0.05) is 24.3 Å². The number of amides is 2. The lowest BCUT2D eigenvalue weighted by Crippen LogP contribution is -2.40. The van der Waals surface area contributed by atoms with Gasteiger partial charge in [-0.2, -0.15) is 0 Å². The topological polar surface area (TPSA) is 103 Å². The third-order valence-electron chi connectivity index (χ3n) is 4.74. The molecule has 7 heteroatoms. The van der Waals surface area contributed by atoms with Crippen molar-refractivity contribution in [2.45, 2.75) is 0 Å². The largest absolute Gasteiger partial charge is 0.316 e. The van der Waals surface area contributed by atoms with Crippen LogP contribution in [-0.4, -0.2) is 21.8 Å². The highest BCUT2D eigenvalue weighted by Crippen LogP contribution is 2.33. The second kappa shape index (κ2) is 5.25. The Kier molecular flexibility index (Phi) is 2.97. The molecular weight excluding hydrogens is 346 g/mol. The van der Waals surface area contributed by atoms with Crippen LogP contribution in [0.25, 0.3) is 21.8 Å². The maximum atomic E-state index is 13.0. The number of carbonyl (C=O) groups excluding carboxylic acids is 2. The zero-order valence-electron chi connectivity index (χ0n) is 13.8. The van der Waals surface area contributed by atoms with Crippen molar-refractivity contribution in [2.75, 3.05) is 4.90 Å². The van der Waals surface area contributed by atoms with E-state index in [4.69, 9.17) is 0 Å². The number of anilines is 1. The summed E-state index contributed by atoms with van der Waals surface area (Å²) >= 11 is 0. The van der Waals surface area contributed by atoms with Crippen molar-refractivity contribution in [1.82, 2.24) is 9.97 Å². The molecule has 7 nitrogen and oxygen atoms in total. The summed E-state index contributed by atoms with van der Waals surface area (Å²) in [4.78, 5) is 55.1. The maximum absolute atomic E-state index is 13.0. The number of hydrogen-bond donors (Lipinski definition) is 2. The van der Waals surface area contributed by atoms with Crippen LogP contribution in [0.3, 0.4) is 0 Å². The zero-order chi connectivity index (χ0) is 18.7. The second-order valence-electron chi connectivity index (χ2n) is 6.29. The fourth-order valence-corrected chi connectivity index (χ4v) is 3.51. The fourth-order valence-electron chi connectivity index (χ4n) is 3.51. The molecule has 1 aliphatic heterocycles. The van der Waals surface area contributed by atoms with Gasteiger partial charge >= 0.3 is 11.1 Å². The number of H-pyrrole nitrogens is 2. The second-order valence-corrected chi connectivity index (χ2v) is 6.29. The van der Waals surface area contributed by atoms with Crippen molar-refractivity contribution < 1.29 is 9.59 Å².